The lowest BCUT2D eigenvalue weighted by Crippen LogP contribution is -2.44. The Bertz CT molecular complexity index is 831. The Morgan fingerprint density at radius 1 is 1.31 bits per heavy atom. The van der Waals surface area contributed by atoms with E-state index < -0.39 is 11.5 Å². The predicted molar refractivity (Wildman–Crippen MR) is 96.5 cm³/mol. The molecule has 0 spiro atoms. The van der Waals surface area contributed by atoms with Crippen molar-refractivity contribution in [1.82, 2.24) is 10.3 Å². The average molecular weight is 376 g/mol. The van der Waals surface area contributed by atoms with E-state index >= 15 is 0 Å². The monoisotopic (exact) mass is 376 g/mol. The van der Waals surface area contributed by atoms with Crippen molar-refractivity contribution in [3.63, 3.8) is 0 Å². The molecule has 1 aliphatic rings. The smallest absolute Gasteiger partial charge is 0.303 e. The van der Waals surface area contributed by atoms with Gasteiger partial charge in [0.1, 0.15) is 5.01 Å². The number of carbonyl (C=O) groups is 2. The number of ether oxygens (including phenoxy) is 2. The molecule has 2 aromatic rings. The van der Waals surface area contributed by atoms with E-state index in [0.29, 0.717) is 23.6 Å². The first-order valence-corrected chi connectivity index (χ1v) is 9.08. The quantitative estimate of drug-likeness (QED) is 0.771. The summed E-state index contributed by atoms with van der Waals surface area (Å²) in [4.78, 5) is 27.5. The largest absolute Gasteiger partial charge is 0.481 e. The zero-order chi connectivity index (χ0) is 18.7. The van der Waals surface area contributed by atoms with Crippen molar-refractivity contribution in [2.45, 2.75) is 38.6 Å². The normalized spacial score (nSPS) is 12.8. The molecule has 0 fully saturated rings. The van der Waals surface area contributed by atoms with Gasteiger partial charge >= 0.3 is 5.97 Å². The Labute approximate surface area is 155 Å². The molecule has 8 heteroatoms. The molecule has 138 valence electrons. The second-order valence-electron chi connectivity index (χ2n) is 6.71. The number of rotatable bonds is 7. The Hall–Kier alpha value is -2.61. The van der Waals surface area contributed by atoms with Crippen molar-refractivity contribution in [2.24, 2.45) is 0 Å². The van der Waals surface area contributed by atoms with Crippen molar-refractivity contribution in [3.8, 4) is 22.1 Å². The van der Waals surface area contributed by atoms with Crippen LogP contribution in [0.15, 0.2) is 23.6 Å². The molecule has 3 rings (SSSR count). The molecule has 1 aromatic heterocycles. The van der Waals surface area contributed by atoms with Gasteiger partial charge in [0, 0.05) is 22.9 Å². The number of carboxylic acids is 1. The third-order valence-electron chi connectivity index (χ3n) is 3.95. The van der Waals surface area contributed by atoms with Gasteiger partial charge in [0.15, 0.2) is 11.5 Å². The summed E-state index contributed by atoms with van der Waals surface area (Å²) in [6.07, 6.45) is 0.531. The van der Waals surface area contributed by atoms with Gasteiger partial charge in [-0.25, -0.2) is 4.98 Å². The van der Waals surface area contributed by atoms with E-state index in [4.69, 9.17) is 14.6 Å². The van der Waals surface area contributed by atoms with Crippen LogP contribution in [0.5, 0.6) is 11.5 Å². The highest BCUT2D eigenvalue weighted by molar-refractivity contribution is 7.13. The molecule has 26 heavy (non-hydrogen) atoms. The summed E-state index contributed by atoms with van der Waals surface area (Å²) < 4.78 is 10.7. The Morgan fingerprint density at radius 3 is 2.85 bits per heavy atom. The molecule has 0 radical (unpaired) electrons. The second kappa shape index (κ2) is 7.33. The third-order valence-corrected chi connectivity index (χ3v) is 4.89. The lowest BCUT2D eigenvalue weighted by atomic mass is 9.98. The number of hydrogen-bond acceptors (Lipinski definition) is 6. The van der Waals surface area contributed by atoms with Gasteiger partial charge in [-0.2, -0.15) is 0 Å². The van der Waals surface area contributed by atoms with Crippen molar-refractivity contribution in [1.29, 1.82) is 0 Å². The standard InChI is InChI=1S/C18H20N2O5S/c1-18(2,6-5-16(22)23)20-15(21)8-12-9-26-17(19-12)11-3-4-13-14(7-11)25-10-24-13/h3-4,7,9H,5-6,8,10H2,1-2H3,(H,20,21)(H,22,23). The zero-order valence-corrected chi connectivity index (χ0v) is 15.4. The number of benzene rings is 1. The van der Waals surface area contributed by atoms with Gasteiger partial charge in [-0.05, 0) is 38.5 Å². The molecule has 2 heterocycles. The van der Waals surface area contributed by atoms with Crippen molar-refractivity contribution < 1.29 is 24.2 Å². The van der Waals surface area contributed by atoms with Crippen LogP contribution in [-0.2, 0) is 16.0 Å². The predicted octanol–water partition coefficient (Wildman–Crippen LogP) is 2.84. The van der Waals surface area contributed by atoms with Crippen LogP contribution in [0.4, 0.5) is 0 Å². The first kappa shape index (κ1) is 18.2. The van der Waals surface area contributed by atoms with Gasteiger partial charge in [-0.3, -0.25) is 9.59 Å². The highest BCUT2D eigenvalue weighted by Crippen LogP contribution is 2.36. The Morgan fingerprint density at radius 2 is 2.08 bits per heavy atom. The number of nitrogens with one attached hydrogen (secondary N) is 1. The van der Waals surface area contributed by atoms with E-state index in [1.165, 1.54) is 11.3 Å². The van der Waals surface area contributed by atoms with Crippen molar-refractivity contribution in [2.75, 3.05) is 6.79 Å². The summed E-state index contributed by atoms with van der Waals surface area (Å²) in [5, 5.41) is 14.3. The molecular weight excluding hydrogens is 356 g/mol. The van der Waals surface area contributed by atoms with Crippen LogP contribution < -0.4 is 14.8 Å². The fourth-order valence-electron chi connectivity index (χ4n) is 2.62. The lowest BCUT2D eigenvalue weighted by Gasteiger charge is -2.25. The maximum absolute atomic E-state index is 12.2. The van der Waals surface area contributed by atoms with E-state index in [1.807, 2.05) is 37.4 Å². The first-order valence-electron chi connectivity index (χ1n) is 8.20. The minimum atomic E-state index is -0.875. The van der Waals surface area contributed by atoms with Crippen molar-refractivity contribution in [3.05, 3.63) is 29.3 Å². The number of carboxylic acid groups (broad SMARTS) is 1. The molecule has 0 saturated heterocycles. The summed E-state index contributed by atoms with van der Waals surface area (Å²) in [6.45, 7) is 3.85. The molecule has 2 N–H and O–H groups in total. The van der Waals surface area contributed by atoms with Crippen LogP contribution >= 0.6 is 11.3 Å². The molecule has 0 saturated carbocycles. The van der Waals surface area contributed by atoms with E-state index in [0.717, 1.165) is 10.6 Å². The molecular formula is C18H20N2O5S. The van der Waals surface area contributed by atoms with Crippen LogP contribution in [0.25, 0.3) is 10.6 Å². The van der Waals surface area contributed by atoms with Gasteiger partial charge < -0.3 is 19.9 Å². The Kier molecular flexibility index (Phi) is 5.13. The fourth-order valence-corrected chi connectivity index (χ4v) is 3.44. The third kappa shape index (κ3) is 4.51. The first-order chi connectivity index (χ1) is 12.3. The number of carbonyl (C=O) groups excluding carboxylic acids is 1. The lowest BCUT2D eigenvalue weighted by molar-refractivity contribution is -0.137. The minimum Gasteiger partial charge on any atom is -0.481 e. The number of aliphatic carboxylic acids is 1. The maximum atomic E-state index is 12.2. The van der Waals surface area contributed by atoms with Crippen LogP contribution in [0.1, 0.15) is 32.4 Å². The summed E-state index contributed by atoms with van der Waals surface area (Å²) in [7, 11) is 0. The minimum absolute atomic E-state index is 0.0121. The van der Waals surface area contributed by atoms with Crippen LogP contribution in [0.3, 0.4) is 0 Å². The number of aromatic nitrogens is 1. The molecule has 0 atom stereocenters. The maximum Gasteiger partial charge on any atom is 0.303 e. The zero-order valence-electron chi connectivity index (χ0n) is 14.6. The van der Waals surface area contributed by atoms with Gasteiger partial charge in [-0.1, -0.05) is 0 Å². The van der Waals surface area contributed by atoms with E-state index in [-0.39, 0.29) is 25.5 Å². The second-order valence-corrected chi connectivity index (χ2v) is 7.57. The number of thiazole rings is 1. The highest BCUT2D eigenvalue weighted by atomic mass is 32.1. The molecule has 0 bridgehead atoms. The molecule has 0 aliphatic carbocycles. The molecule has 7 nitrogen and oxygen atoms in total. The molecule has 1 aromatic carbocycles. The Balaban J connectivity index is 1.61. The molecule has 0 unspecified atom stereocenters. The average Bonchev–Trinajstić information content (AvgIpc) is 3.20. The summed E-state index contributed by atoms with van der Waals surface area (Å²) >= 11 is 1.46. The van der Waals surface area contributed by atoms with Gasteiger partial charge in [0.05, 0.1) is 12.1 Å². The van der Waals surface area contributed by atoms with Gasteiger partial charge in [-0.15, -0.1) is 11.3 Å². The number of amides is 1. The van der Waals surface area contributed by atoms with Crippen LogP contribution in [0.2, 0.25) is 0 Å². The van der Waals surface area contributed by atoms with E-state index in [2.05, 4.69) is 10.3 Å². The topological polar surface area (TPSA) is 97.8 Å². The van der Waals surface area contributed by atoms with E-state index in [1.54, 1.807) is 0 Å². The van der Waals surface area contributed by atoms with Crippen LogP contribution in [-0.4, -0.2) is 34.3 Å². The fraction of sp³-hybridized carbons (Fsp3) is 0.389. The van der Waals surface area contributed by atoms with Crippen molar-refractivity contribution >= 4 is 23.2 Å². The summed E-state index contributed by atoms with van der Waals surface area (Å²) in [6, 6.07) is 5.63. The molecule has 1 aliphatic heterocycles. The molecule has 1 amide bonds. The van der Waals surface area contributed by atoms with Gasteiger partial charge in [0.2, 0.25) is 12.7 Å². The number of nitrogens with zero attached hydrogens (tertiary/aromatic N) is 1. The number of hydrogen-bond donors (Lipinski definition) is 2. The summed E-state index contributed by atoms with van der Waals surface area (Å²) in [5.74, 6) is 0.355. The van der Waals surface area contributed by atoms with Crippen LogP contribution in [0, 0.1) is 0 Å². The number of fused-ring (bicyclic) bond motifs is 1. The summed E-state index contributed by atoms with van der Waals surface area (Å²) in [5.41, 5.74) is 1.01. The van der Waals surface area contributed by atoms with E-state index in [9.17, 15) is 9.59 Å². The SMILES string of the molecule is CC(C)(CCC(=O)O)NC(=O)Cc1csc(-c2ccc3c(c2)OCO3)n1. The highest BCUT2D eigenvalue weighted by Gasteiger charge is 2.22. The van der Waals surface area contributed by atoms with Gasteiger partial charge in [0.25, 0.3) is 0 Å².